The van der Waals surface area contributed by atoms with Crippen LogP contribution in [0.5, 0.6) is 0 Å². The van der Waals surface area contributed by atoms with E-state index in [9.17, 15) is 10.1 Å². The van der Waals surface area contributed by atoms with Crippen molar-refractivity contribution in [1.82, 2.24) is 5.43 Å². The summed E-state index contributed by atoms with van der Waals surface area (Å²) < 4.78 is 0. The smallest absolute Gasteiger partial charge is 0.283 e. The van der Waals surface area contributed by atoms with Gasteiger partial charge in [-0.25, -0.2) is 5.84 Å². The van der Waals surface area contributed by atoms with Gasteiger partial charge in [-0.2, -0.15) is 5.26 Å². The van der Waals surface area contributed by atoms with Crippen LogP contribution >= 0.6 is 34.8 Å². The molecule has 1 heterocycles. The zero-order valence-electron chi connectivity index (χ0n) is 16.5. The van der Waals surface area contributed by atoms with E-state index in [2.05, 4.69) is 11.5 Å². The van der Waals surface area contributed by atoms with Gasteiger partial charge in [-0.1, -0.05) is 53.0 Å². The molecule has 1 aliphatic heterocycles. The van der Waals surface area contributed by atoms with E-state index in [1.54, 1.807) is 47.5 Å². The summed E-state index contributed by atoms with van der Waals surface area (Å²) in [6, 6.07) is 21.5. The van der Waals surface area contributed by atoms with E-state index in [1.165, 1.54) is 0 Å². The Labute approximate surface area is 200 Å². The van der Waals surface area contributed by atoms with E-state index >= 15 is 0 Å². The average Bonchev–Trinajstić information content (AvgIpc) is 3.19. The van der Waals surface area contributed by atoms with Gasteiger partial charge in [0.2, 0.25) is 0 Å². The third-order valence-corrected chi connectivity index (χ3v) is 5.94. The van der Waals surface area contributed by atoms with Crippen molar-refractivity contribution in [1.29, 1.82) is 5.26 Å². The zero-order chi connectivity index (χ0) is 22.8. The second-order valence-corrected chi connectivity index (χ2v) is 8.17. The number of hydrogen-bond acceptors (Lipinski definition) is 5. The number of nitriles is 1. The Bertz CT molecular complexity index is 1250. The van der Waals surface area contributed by atoms with E-state index in [4.69, 9.17) is 40.6 Å². The highest BCUT2D eigenvalue weighted by Gasteiger charge is 2.40. The van der Waals surface area contributed by atoms with Gasteiger partial charge in [-0.15, -0.1) is 0 Å². The number of carbonyl (C=O) groups is 1. The van der Waals surface area contributed by atoms with Gasteiger partial charge in [0.1, 0.15) is 11.9 Å². The monoisotopic (exact) mass is 483 g/mol. The molecule has 1 unspecified atom stereocenters. The van der Waals surface area contributed by atoms with Crippen molar-refractivity contribution in [3.8, 4) is 6.07 Å². The van der Waals surface area contributed by atoms with Crippen molar-refractivity contribution in [3.63, 3.8) is 0 Å². The molecule has 0 saturated heterocycles. The molecule has 6 nitrogen and oxygen atoms in total. The quantitative estimate of drug-likeness (QED) is 0.295. The number of amides is 1. The fourth-order valence-corrected chi connectivity index (χ4v) is 4.23. The first kappa shape index (κ1) is 22.0. The fraction of sp³-hybridized carbons (Fsp3) is 0.0435. The van der Waals surface area contributed by atoms with Crippen LogP contribution in [0.1, 0.15) is 17.3 Å². The minimum Gasteiger partial charge on any atom is -0.320 e. The van der Waals surface area contributed by atoms with E-state index in [0.717, 1.165) is 11.3 Å². The first-order valence-electron chi connectivity index (χ1n) is 9.44. The van der Waals surface area contributed by atoms with Gasteiger partial charge in [-0.3, -0.25) is 10.2 Å². The first-order valence-corrected chi connectivity index (χ1v) is 10.6. The van der Waals surface area contributed by atoms with Gasteiger partial charge in [0.25, 0.3) is 5.91 Å². The lowest BCUT2D eigenvalue weighted by Gasteiger charge is -2.35. The Hall–Kier alpha value is -3.21. The lowest BCUT2D eigenvalue weighted by Crippen LogP contribution is -2.39. The number of anilines is 2. The molecule has 0 aromatic heterocycles. The van der Waals surface area contributed by atoms with Crippen molar-refractivity contribution in [2.24, 2.45) is 5.84 Å². The number of nitrogens with zero attached hydrogens (tertiary/aromatic N) is 3. The molecule has 0 radical (unpaired) electrons. The molecule has 3 aromatic rings. The maximum Gasteiger partial charge on any atom is 0.283 e. The highest BCUT2D eigenvalue weighted by molar-refractivity contribution is 6.34. The van der Waals surface area contributed by atoms with Crippen LogP contribution in [0.2, 0.25) is 15.1 Å². The third-order valence-electron chi connectivity index (χ3n) is 5.04. The molecule has 0 spiro atoms. The topological polar surface area (TPSA) is 85.4 Å². The number of rotatable bonds is 4. The maximum absolute atomic E-state index is 12.8. The molecule has 3 aromatic carbocycles. The highest BCUT2D eigenvalue weighted by Crippen LogP contribution is 2.45. The number of benzene rings is 3. The molecule has 9 heteroatoms. The van der Waals surface area contributed by atoms with Crippen LogP contribution in [0.15, 0.2) is 78.6 Å². The van der Waals surface area contributed by atoms with Crippen LogP contribution in [0.3, 0.4) is 0 Å². The summed E-state index contributed by atoms with van der Waals surface area (Å²) >= 11 is 19.2. The van der Waals surface area contributed by atoms with Crippen molar-refractivity contribution >= 4 is 52.1 Å². The number of halogens is 3. The van der Waals surface area contributed by atoms with E-state index in [-0.39, 0.29) is 5.70 Å². The van der Waals surface area contributed by atoms with Gasteiger partial charge in [0.05, 0.1) is 22.3 Å². The van der Waals surface area contributed by atoms with Crippen molar-refractivity contribution < 1.29 is 4.79 Å². The van der Waals surface area contributed by atoms with Gasteiger partial charge in [0, 0.05) is 27.5 Å². The molecule has 0 fully saturated rings. The molecule has 32 heavy (non-hydrogen) atoms. The Morgan fingerprint density at radius 3 is 2.34 bits per heavy atom. The largest absolute Gasteiger partial charge is 0.320 e. The summed E-state index contributed by atoms with van der Waals surface area (Å²) in [5.74, 6) is 4.97. The van der Waals surface area contributed by atoms with Crippen LogP contribution in [0.25, 0.3) is 0 Å². The molecular weight excluding hydrogens is 469 g/mol. The van der Waals surface area contributed by atoms with Gasteiger partial charge in [0.15, 0.2) is 0 Å². The molecule has 160 valence electrons. The van der Waals surface area contributed by atoms with Crippen molar-refractivity contribution in [2.75, 3.05) is 9.80 Å². The van der Waals surface area contributed by atoms with Crippen LogP contribution in [-0.2, 0) is 4.79 Å². The minimum atomic E-state index is -0.567. The third kappa shape index (κ3) is 3.99. The molecule has 3 N–H and O–H groups in total. The number of nitrogens with one attached hydrogen (secondary N) is 1. The summed E-state index contributed by atoms with van der Waals surface area (Å²) in [6.07, 6.45) is 1.11. The molecule has 4 rings (SSSR count). The summed E-state index contributed by atoms with van der Waals surface area (Å²) in [7, 11) is 0. The molecule has 1 atom stereocenters. The second-order valence-electron chi connectivity index (χ2n) is 6.91. The van der Waals surface area contributed by atoms with Gasteiger partial charge < -0.3 is 9.80 Å². The van der Waals surface area contributed by atoms with Gasteiger partial charge in [-0.05, 0) is 48.5 Å². The number of carbonyl (C=O) groups excluding carboxylic acids is 1. The van der Waals surface area contributed by atoms with E-state index in [0.29, 0.717) is 26.3 Å². The lowest BCUT2D eigenvalue weighted by atomic mass is 10.1. The lowest BCUT2D eigenvalue weighted by molar-refractivity contribution is -0.117. The number of hydrazine groups is 1. The van der Waals surface area contributed by atoms with Crippen LogP contribution in [0.4, 0.5) is 11.4 Å². The summed E-state index contributed by atoms with van der Waals surface area (Å²) in [5.41, 5.74) is 4.86. The minimum absolute atomic E-state index is 0.249. The summed E-state index contributed by atoms with van der Waals surface area (Å²) in [5, 5.41) is 10.6. The predicted molar refractivity (Wildman–Crippen MR) is 127 cm³/mol. The standard InChI is InChI=1S/C23H16Cl3N5O/c24-15-6-8-16(9-7-15)30-13-21(22(32)29-28)31(20-10-5-14(12-27)11-19(20)26)23(30)17-3-1-2-4-18(17)25/h1-11,13,23H,28H2,(H,29,32). The molecule has 0 saturated carbocycles. The second kappa shape index (κ2) is 9.11. The maximum atomic E-state index is 12.8. The van der Waals surface area contributed by atoms with Crippen LogP contribution in [0, 0.1) is 11.3 Å². The molecule has 0 bridgehead atoms. The predicted octanol–water partition coefficient (Wildman–Crippen LogP) is 5.38. The normalized spacial score (nSPS) is 15.3. The Balaban J connectivity index is 1.96. The van der Waals surface area contributed by atoms with E-state index < -0.39 is 12.1 Å². The van der Waals surface area contributed by atoms with Crippen molar-refractivity contribution in [2.45, 2.75) is 6.17 Å². The Morgan fingerprint density at radius 2 is 1.72 bits per heavy atom. The number of hydrogen-bond donors (Lipinski definition) is 2. The summed E-state index contributed by atoms with van der Waals surface area (Å²) in [6.45, 7) is 0. The first-order chi connectivity index (χ1) is 15.4. The molecular formula is C23H16Cl3N5O. The summed E-state index contributed by atoms with van der Waals surface area (Å²) in [4.78, 5) is 16.4. The van der Waals surface area contributed by atoms with Gasteiger partial charge >= 0.3 is 0 Å². The molecule has 1 amide bonds. The van der Waals surface area contributed by atoms with Crippen LogP contribution in [-0.4, -0.2) is 5.91 Å². The average molecular weight is 485 g/mol. The SMILES string of the molecule is N#Cc1ccc(N2C(C(=O)NN)=CN(c3ccc(Cl)cc3)C2c2ccccc2Cl)c(Cl)c1. The number of nitrogens with two attached hydrogens (primary N) is 1. The molecule has 0 aliphatic carbocycles. The Kier molecular flexibility index (Phi) is 6.26. The van der Waals surface area contributed by atoms with Crippen molar-refractivity contribution in [3.05, 3.63) is 105 Å². The van der Waals surface area contributed by atoms with Crippen LogP contribution < -0.4 is 21.1 Å². The molecule has 1 aliphatic rings. The zero-order valence-corrected chi connectivity index (χ0v) is 18.7. The highest BCUT2D eigenvalue weighted by atomic mass is 35.5. The Morgan fingerprint density at radius 1 is 1.00 bits per heavy atom. The fourth-order valence-electron chi connectivity index (χ4n) is 3.60. The van der Waals surface area contributed by atoms with E-state index in [1.807, 2.05) is 35.2 Å².